The van der Waals surface area contributed by atoms with E-state index in [0.717, 1.165) is 6.07 Å². The highest BCUT2D eigenvalue weighted by Gasteiger charge is 2.27. The Bertz CT molecular complexity index is 758. The molecule has 0 aliphatic carbocycles. The molecule has 3 N–H and O–H groups in total. The van der Waals surface area contributed by atoms with Gasteiger partial charge in [0.15, 0.2) is 0 Å². The summed E-state index contributed by atoms with van der Waals surface area (Å²) < 4.78 is 37.5. The summed E-state index contributed by atoms with van der Waals surface area (Å²) in [5, 5.41) is 7.90. The van der Waals surface area contributed by atoms with Gasteiger partial charge in [0.05, 0.1) is 5.69 Å². The molecule has 0 saturated carbocycles. The first kappa shape index (κ1) is 15.2. The number of hydrogen-bond donors (Lipinski definition) is 3. The third kappa shape index (κ3) is 3.30. The molecule has 1 aromatic heterocycles. The summed E-state index contributed by atoms with van der Waals surface area (Å²) in [6.07, 6.45) is 0. The molecule has 0 bridgehead atoms. The van der Waals surface area contributed by atoms with Gasteiger partial charge in [-0.3, -0.25) is 4.79 Å². The monoisotopic (exact) mass is 318 g/mol. The Morgan fingerprint density at radius 1 is 1.33 bits per heavy atom. The van der Waals surface area contributed by atoms with E-state index in [-0.39, 0.29) is 10.3 Å². The lowest BCUT2D eigenvalue weighted by Gasteiger charge is -2.05. The Balaban J connectivity index is 2.29. The van der Waals surface area contributed by atoms with Crippen LogP contribution < -0.4 is 5.32 Å². The Labute approximate surface area is 116 Å². The fourth-order valence-corrected chi connectivity index (χ4v) is 1.84. The SMILES string of the molecule is Cc1ccc(NC(=O)c2nn(P(=O)(O)O)nc2F)c(F)c1. The number of benzene rings is 1. The van der Waals surface area contributed by atoms with E-state index < -0.39 is 31.1 Å². The van der Waals surface area contributed by atoms with Crippen LogP contribution in [0, 0.1) is 18.7 Å². The Hall–Kier alpha value is -2.16. The van der Waals surface area contributed by atoms with E-state index in [4.69, 9.17) is 9.79 Å². The number of amides is 1. The first-order chi connectivity index (χ1) is 9.68. The third-order valence-electron chi connectivity index (χ3n) is 2.38. The van der Waals surface area contributed by atoms with Crippen LogP contribution in [0.1, 0.15) is 16.1 Å². The van der Waals surface area contributed by atoms with E-state index in [1.165, 1.54) is 12.1 Å². The van der Waals surface area contributed by atoms with Crippen LogP contribution >= 0.6 is 7.75 Å². The molecule has 1 amide bonds. The molecule has 1 aromatic carbocycles. The van der Waals surface area contributed by atoms with Crippen molar-refractivity contribution in [1.82, 2.24) is 14.8 Å². The van der Waals surface area contributed by atoms with Gasteiger partial charge in [0.1, 0.15) is 5.82 Å². The maximum atomic E-state index is 13.5. The highest BCUT2D eigenvalue weighted by molar-refractivity contribution is 7.49. The summed E-state index contributed by atoms with van der Waals surface area (Å²) in [4.78, 5) is 29.3. The molecule has 21 heavy (non-hydrogen) atoms. The molecule has 0 fully saturated rings. The maximum absolute atomic E-state index is 13.5. The van der Waals surface area contributed by atoms with Crippen molar-refractivity contribution < 1.29 is 27.9 Å². The number of aryl methyl sites for hydroxylation is 1. The standard InChI is InChI=1S/C10H9F2N4O4P/c1-5-2-3-7(6(11)4-5)13-10(17)8-9(12)15-16(14-8)21(18,19)20/h2-4H,1H3,(H,13,17)(H2,18,19,20). The van der Waals surface area contributed by atoms with Crippen LogP contribution in [0.3, 0.4) is 0 Å². The molecule has 2 rings (SSSR count). The molecule has 0 unspecified atom stereocenters. The van der Waals surface area contributed by atoms with Crippen LogP contribution in [0.5, 0.6) is 0 Å². The van der Waals surface area contributed by atoms with Gasteiger partial charge in [-0.2, -0.15) is 4.39 Å². The van der Waals surface area contributed by atoms with Gasteiger partial charge in [-0.1, -0.05) is 10.6 Å². The number of nitrogens with zero attached hydrogens (tertiary/aromatic N) is 3. The van der Waals surface area contributed by atoms with Gasteiger partial charge in [0.2, 0.25) is 5.69 Å². The van der Waals surface area contributed by atoms with Gasteiger partial charge in [0, 0.05) is 0 Å². The van der Waals surface area contributed by atoms with Crippen LogP contribution in [0.25, 0.3) is 0 Å². The molecule has 8 nitrogen and oxygen atoms in total. The predicted molar refractivity (Wildman–Crippen MR) is 66.5 cm³/mol. The third-order valence-corrected chi connectivity index (χ3v) is 3.03. The Morgan fingerprint density at radius 3 is 2.52 bits per heavy atom. The zero-order valence-corrected chi connectivity index (χ0v) is 11.4. The second kappa shape index (κ2) is 5.32. The van der Waals surface area contributed by atoms with Crippen molar-refractivity contribution in [3.63, 3.8) is 0 Å². The van der Waals surface area contributed by atoms with Crippen molar-refractivity contribution in [2.45, 2.75) is 6.92 Å². The normalized spacial score (nSPS) is 11.5. The molecule has 0 saturated heterocycles. The van der Waals surface area contributed by atoms with Crippen molar-refractivity contribution in [3.05, 3.63) is 41.2 Å². The second-order valence-corrected chi connectivity index (χ2v) is 5.44. The van der Waals surface area contributed by atoms with Crippen molar-refractivity contribution in [3.8, 4) is 0 Å². The lowest BCUT2D eigenvalue weighted by molar-refractivity contribution is 0.101. The molecule has 0 aliphatic rings. The number of nitrogens with one attached hydrogen (secondary N) is 1. The Morgan fingerprint density at radius 2 is 2.00 bits per heavy atom. The summed E-state index contributed by atoms with van der Waals surface area (Å²) >= 11 is 0. The number of hydrogen-bond acceptors (Lipinski definition) is 4. The maximum Gasteiger partial charge on any atom is 0.466 e. The molecular weight excluding hydrogens is 309 g/mol. The predicted octanol–water partition coefficient (Wildman–Crippen LogP) is 1.06. The molecule has 11 heteroatoms. The first-order valence-corrected chi connectivity index (χ1v) is 7.02. The van der Waals surface area contributed by atoms with E-state index in [2.05, 4.69) is 10.2 Å². The number of halogens is 2. The number of rotatable bonds is 3. The largest absolute Gasteiger partial charge is 0.466 e. The van der Waals surface area contributed by atoms with Crippen LogP contribution in [0.15, 0.2) is 18.2 Å². The summed E-state index contributed by atoms with van der Waals surface area (Å²) in [6.45, 7) is 1.64. The van der Waals surface area contributed by atoms with Crippen LogP contribution in [0.2, 0.25) is 0 Å². The van der Waals surface area contributed by atoms with Gasteiger partial charge >= 0.3 is 7.75 Å². The van der Waals surface area contributed by atoms with Crippen molar-refractivity contribution in [1.29, 1.82) is 0 Å². The first-order valence-electron chi connectivity index (χ1n) is 5.45. The number of anilines is 1. The lowest BCUT2D eigenvalue weighted by Crippen LogP contribution is -2.15. The van der Waals surface area contributed by atoms with Gasteiger partial charge in [-0.25, -0.2) is 8.96 Å². The number of carbonyl (C=O) groups is 1. The fourth-order valence-electron chi connectivity index (χ4n) is 1.44. The highest BCUT2D eigenvalue weighted by atomic mass is 31.2. The minimum Gasteiger partial charge on any atom is -0.318 e. The van der Waals surface area contributed by atoms with Gasteiger partial charge in [0.25, 0.3) is 11.9 Å². The highest BCUT2D eigenvalue weighted by Crippen LogP contribution is 2.34. The van der Waals surface area contributed by atoms with E-state index in [1.807, 2.05) is 5.32 Å². The summed E-state index contributed by atoms with van der Waals surface area (Å²) in [5.41, 5.74) is -0.571. The van der Waals surface area contributed by atoms with E-state index in [9.17, 15) is 18.1 Å². The molecule has 1 heterocycles. The van der Waals surface area contributed by atoms with Gasteiger partial charge in [-0.15, -0.1) is 10.2 Å². The molecular formula is C10H9F2N4O4P. The van der Waals surface area contributed by atoms with Crippen LogP contribution in [-0.4, -0.2) is 30.5 Å². The van der Waals surface area contributed by atoms with E-state index in [1.54, 1.807) is 6.92 Å². The average Bonchev–Trinajstić information content (AvgIpc) is 2.75. The smallest absolute Gasteiger partial charge is 0.318 e. The van der Waals surface area contributed by atoms with Gasteiger partial charge < -0.3 is 15.1 Å². The quantitative estimate of drug-likeness (QED) is 0.728. The minimum atomic E-state index is -4.96. The summed E-state index contributed by atoms with van der Waals surface area (Å²) in [6, 6.07) is 3.92. The minimum absolute atomic E-state index is 0.219. The zero-order valence-electron chi connectivity index (χ0n) is 10.5. The zero-order chi connectivity index (χ0) is 15.8. The molecule has 112 valence electrons. The fraction of sp³-hybridized carbons (Fsp3) is 0.100. The molecule has 0 aliphatic heterocycles. The molecule has 0 atom stereocenters. The van der Waals surface area contributed by atoms with Gasteiger partial charge in [-0.05, 0) is 24.6 Å². The molecule has 2 aromatic rings. The summed E-state index contributed by atoms with van der Waals surface area (Å²) in [7, 11) is -4.96. The van der Waals surface area contributed by atoms with Crippen molar-refractivity contribution in [2.24, 2.45) is 0 Å². The number of carbonyl (C=O) groups excluding carboxylic acids is 1. The lowest BCUT2D eigenvalue weighted by atomic mass is 10.2. The summed E-state index contributed by atoms with van der Waals surface area (Å²) in [5.74, 6) is -3.41. The van der Waals surface area contributed by atoms with Crippen molar-refractivity contribution in [2.75, 3.05) is 5.32 Å². The Kier molecular flexibility index (Phi) is 3.86. The van der Waals surface area contributed by atoms with Crippen molar-refractivity contribution >= 4 is 19.3 Å². The average molecular weight is 318 g/mol. The molecule has 0 radical (unpaired) electrons. The topological polar surface area (TPSA) is 117 Å². The van der Waals surface area contributed by atoms with E-state index >= 15 is 0 Å². The number of aromatic nitrogens is 3. The van der Waals surface area contributed by atoms with Crippen LogP contribution in [0.4, 0.5) is 14.5 Å². The second-order valence-electron chi connectivity index (χ2n) is 4.06. The van der Waals surface area contributed by atoms with E-state index in [0.29, 0.717) is 5.56 Å². The molecule has 0 spiro atoms. The van der Waals surface area contributed by atoms with Crippen LogP contribution in [-0.2, 0) is 4.57 Å².